The van der Waals surface area contributed by atoms with E-state index >= 15 is 0 Å². The molecule has 2 aromatic rings. The fourth-order valence-electron chi connectivity index (χ4n) is 2.77. The van der Waals surface area contributed by atoms with Gasteiger partial charge in [0.15, 0.2) is 6.10 Å². The van der Waals surface area contributed by atoms with Crippen LogP contribution in [0.15, 0.2) is 53.1 Å². The quantitative estimate of drug-likeness (QED) is 0.804. The van der Waals surface area contributed by atoms with Crippen LogP contribution >= 0.6 is 15.9 Å². The lowest BCUT2D eigenvalue weighted by Crippen LogP contribution is -2.52. The van der Waals surface area contributed by atoms with E-state index in [0.717, 1.165) is 23.4 Å². The molecule has 6 heteroatoms. The fourth-order valence-corrected chi connectivity index (χ4v) is 3.04. The number of anilines is 1. The molecule has 1 amide bonds. The van der Waals surface area contributed by atoms with Crippen LogP contribution in [0.1, 0.15) is 6.92 Å². The van der Waals surface area contributed by atoms with Gasteiger partial charge in [0.05, 0.1) is 19.3 Å². The van der Waals surface area contributed by atoms with Crippen molar-refractivity contribution in [3.8, 4) is 5.75 Å². The number of amides is 1. The van der Waals surface area contributed by atoms with Crippen molar-refractivity contribution in [3.63, 3.8) is 0 Å². The van der Waals surface area contributed by atoms with Crippen LogP contribution in [0.5, 0.6) is 5.75 Å². The number of benzene rings is 1. The average molecular weight is 391 g/mol. The van der Waals surface area contributed by atoms with E-state index in [-0.39, 0.29) is 5.91 Å². The van der Waals surface area contributed by atoms with Gasteiger partial charge in [0.1, 0.15) is 18.8 Å². The van der Waals surface area contributed by atoms with E-state index in [2.05, 4.69) is 31.9 Å². The highest BCUT2D eigenvalue weighted by molar-refractivity contribution is 9.10. The summed E-state index contributed by atoms with van der Waals surface area (Å²) in [5, 5.41) is 0. The maximum absolute atomic E-state index is 12.6. The molecule has 1 atom stereocenters. The predicted molar refractivity (Wildman–Crippen MR) is 96.0 cm³/mol. The molecule has 0 saturated carbocycles. The second-order valence-electron chi connectivity index (χ2n) is 5.77. The average Bonchev–Trinajstić information content (AvgIpc) is 2.64. The molecular weight excluding hydrogens is 370 g/mol. The Morgan fingerprint density at radius 3 is 2.46 bits per heavy atom. The van der Waals surface area contributed by atoms with E-state index in [9.17, 15) is 4.79 Å². The van der Waals surface area contributed by atoms with Crippen LogP contribution in [0, 0.1) is 0 Å². The van der Waals surface area contributed by atoms with E-state index in [1.807, 2.05) is 54.4 Å². The van der Waals surface area contributed by atoms with E-state index in [1.165, 1.54) is 0 Å². The number of pyridine rings is 1. The topological polar surface area (TPSA) is 46.9 Å². The van der Waals surface area contributed by atoms with Gasteiger partial charge >= 0.3 is 0 Å². The summed E-state index contributed by atoms with van der Waals surface area (Å²) in [5.41, 5.74) is 0. The van der Waals surface area contributed by atoms with Crippen molar-refractivity contribution in [2.75, 3.05) is 31.1 Å². The Hall–Kier alpha value is -2.08. The highest BCUT2D eigenvalue weighted by atomic mass is 79.9. The van der Waals surface area contributed by atoms with E-state index in [4.69, 9.17) is 4.74 Å². The molecule has 0 radical (unpaired) electrons. The number of nitrogens with one attached hydrogen (secondary N) is 1. The number of aromatic amines is 1. The summed E-state index contributed by atoms with van der Waals surface area (Å²) in [4.78, 5) is 19.9. The van der Waals surface area contributed by atoms with Crippen LogP contribution in [-0.2, 0) is 4.79 Å². The highest BCUT2D eigenvalue weighted by Crippen LogP contribution is 2.18. The number of halogens is 1. The van der Waals surface area contributed by atoms with Crippen molar-refractivity contribution in [2.45, 2.75) is 13.0 Å². The van der Waals surface area contributed by atoms with Gasteiger partial charge in [-0.3, -0.25) is 9.69 Å². The van der Waals surface area contributed by atoms with Gasteiger partial charge in [0.2, 0.25) is 0 Å². The molecule has 0 bridgehead atoms. The smallest absolute Gasteiger partial charge is 0.274 e. The number of hydrogen-bond acceptors (Lipinski definition) is 3. The minimum Gasteiger partial charge on any atom is -0.481 e. The van der Waals surface area contributed by atoms with E-state index in [0.29, 0.717) is 18.8 Å². The van der Waals surface area contributed by atoms with Crippen LogP contribution in [0.3, 0.4) is 0 Å². The number of nitrogens with zero attached hydrogens (tertiary/aromatic N) is 2. The number of carbonyl (C=O) groups excluding carboxylic acids is 1. The van der Waals surface area contributed by atoms with Crippen LogP contribution in [-0.4, -0.2) is 43.1 Å². The summed E-state index contributed by atoms with van der Waals surface area (Å²) in [6, 6.07) is 13.6. The zero-order valence-corrected chi connectivity index (χ0v) is 15.2. The van der Waals surface area contributed by atoms with Crippen LogP contribution in [0.25, 0.3) is 0 Å². The number of hydrogen-bond donors (Lipinski definition) is 0. The Bertz CT molecular complexity index is 670. The second-order valence-corrected chi connectivity index (χ2v) is 6.69. The molecule has 5 nitrogen and oxygen atoms in total. The summed E-state index contributed by atoms with van der Waals surface area (Å²) < 4.78 is 6.75. The van der Waals surface area contributed by atoms with Crippen molar-refractivity contribution < 1.29 is 14.5 Å². The number of carbonyl (C=O) groups is 1. The van der Waals surface area contributed by atoms with Crippen molar-refractivity contribution >= 4 is 27.7 Å². The van der Waals surface area contributed by atoms with Gasteiger partial charge in [-0.15, -0.1) is 0 Å². The summed E-state index contributed by atoms with van der Waals surface area (Å²) >= 11 is 3.39. The molecule has 1 N–H and O–H groups in total. The predicted octanol–water partition coefficient (Wildman–Crippen LogP) is 2.38. The molecule has 0 unspecified atom stereocenters. The summed E-state index contributed by atoms with van der Waals surface area (Å²) in [6.45, 7) is 4.85. The van der Waals surface area contributed by atoms with E-state index in [1.54, 1.807) is 0 Å². The zero-order chi connectivity index (χ0) is 16.9. The second kappa shape index (κ2) is 7.66. The van der Waals surface area contributed by atoms with Crippen LogP contribution in [0.4, 0.5) is 5.82 Å². The van der Waals surface area contributed by atoms with Crippen LogP contribution < -0.4 is 14.6 Å². The first-order valence-corrected chi connectivity index (χ1v) is 8.85. The Morgan fingerprint density at radius 2 is 1.83 bits per heavy atom. The summed E-state index contributed by atoms with van der Waals surface area (Å²) in [5.74, 6) is 1.83. The molecule has 0 aliphatic carbocycles. The molecular formula is C18H21BrN3O2+. The monoisotopic (exact) mass is 390 g/mol. The van der Waals surface area contributed by atoms with Gasteiger partial charge in [0.25, 0.3) is 11.7 Å². The Labute approximate surface area is 150 Å². The largest absolute Gasteiger partial charge is 0.481 e. The number of ether oxygens (including phenoxy) is 1. The lowest BCUT2D eigenvalue weighted by molar-refractivity contribution is -0.364. The maximum atomic E-state index is 12.6. The molecule has 1 aromatic carbocycles. The Balaban J connectivity index is 1.53. The van der Waals surface area contributed by atoms with Gasteiger partial charge < -0.3 is 9.64 Å². The van der Waals surface area contributed by atoms with Gasteiger partial charge in [-0.2, -0.15) is 0 Å². The fraction of sp³-hybridized carbons (Fsp3) is 0.333. The molecule has 1 aromatic heterocycles. The van der Waals surface area contributed by atoms with Gasteiger partial charge in [0, 0.05) is 10.5 Å². The minimum atomic E-state index is -0.485. The molecule has 1 aliphatic rings. The number of rotatable bonds is 4. The van der Waals surface area contributed by atoms with Crippen molar-refractivity contribution in [1.82, 2.24) is 4.90 Å². The zero-order valence-electron chi connectivity index (χ0n) is 13.6. The normalized spacial score (nSPS) is 15.9. The van der Waals surface area contributed by atoms with Crippen molar-refractivity contribution in [2.24, 2.45) is 0 Å². The molecule has 1 fully saturated rings. The van der Waals surface area contributed by atoms with Crippen molar-refractivity contribution in [1.29, 1.82) is 0 Å². The van der Waals surface area contributed by atoms with Crippen LogP contribution in [0.2, 0.25) is 0 Å². The number of piperazine rings is 1. The number of H-pyrrole nitrogens is 1. The number of aromatic nitrogens is 1. The Morgan fingerprint density at radius 1 is 1.12 bits per heavy atom. The molecule has 1 aliphatic heterocycles. The molecule has 24 heavy (non-hydrogen) atoms. The van der Waals surface area contributed by atoms with Gasteiger partial charge in [-0.1, -0.05) is 22.0 Å². The third kappa shape index (κ3) is 4.06. The molecule has 2 heterocycles. The third-order valence-corrected chi connectivity index (χ3v) is 4.63. The third-order valence-electron chi connectivity index (χ3n) is 4.10. The first-order valence-electron chi connectivity index (χ1n) is 8.06. The minimum absolute atomic E-state index is 0.0367. The van der Waals surface area contributed by atoms with E-state index < -0.39 is 6.10 Å². The highest BCUT2D eigenvalue weighted by Gasteiger charge is 2.29. The first kappa shape index (κ1) is 16.8. The summed E-state index contributed by atoms with van der Waals surface area (Å²) in [6.07, 6.45) is 1.43. The maximum Gasteiger partial charge on any atom is 0.274 e. The molecule has 1 saturated heterocycles. The van der Waals surface area contributed by atoms with Gasteiger partial charge in [-0.25, -0.2) is 4.98 Å². The molecule has 0 spiro atoms. The SMILES string of the molecule is C[C@H](Oc1ccc(Br)cc1)C(=O)N1CCN(c2cccc[nH+]2)CC1. The Kier molecular flexibility index (Phi) is 5.35. The summed E-state index contributed by atoms with van der Waals surface area (Å²) in [7, 11) is 0. The van der Waals surface area contributed by atoms with Crippen molar-refractivity contribution in [3.05, 3.63) is 53.1 Å². The first-order chi connectivity index (χ1) is 11.6. The molecule has 126 valence electrons. The molecule has 3 rings (SSSR count). The lowest BCUT2D eigenvalue weighted by Gasteiger charge is -2.32. The van der Waals surface area contributed by atoms with Gasteiger partial charge in [-0.05, 0) is 37.3 Å². The lowest BCUT2D eigenvalue weighted by atomic mass is 10.2. The standard InChI is InChI=1S/C18H20BrN3O2/c1-14(24-16-7-5-15(19)6-8-16)18(23)22-12-10-21(11-13-22)17-4-2-3-9-20-17/h2-9,14H,10-13H2,1H3/p+1/t14-/m0/s1.